The van der Waals surface area contributed by atoms with E-state index in [9.17, 15) is 23.5 Å². The Morgan fingerprint density at radius 2 is 2.03 bits per heavy atom. The van der Waals surface area contributed by atoms with Gasteiger partial charge in [0.2, 0.25) is 6.10 Å². The number of fused-ring (bicyclic) bond motifs is 1. The second-order valence-corrected chi connectivity index (χ2v) is 6.27. The molecule has 2 aromatic carbocycles. The van der Waals surface area contributed by atoms with E-state index < -0.39 is 31.1 Å². The van der Waals surface area contributed by atoms with Crippen LogP contribution in [0.1, 0.15) is 17.7 Å². The molecule has 0 saturated heterocycles. The zero-order chi connectivity index (χ0) is 21.1. The molecule has 0 aliphatic rings. The lowest BCUT2D eigenvalue weighted by atomic mass is 10.1. The molecule has 0 saturated carbocycles. The molecule has 0 radical (unpaired) electrons. The third kappa shape index (κ3) is 4.32. The van der Waals surface area contributed by atoms with Gasteiger partial charge in [-0.1, -0.05) is 12.1 Å². The molecule has 1 aromatic heterocycles. The first-order valence-corrected chi connectivity index (χ1v) is 8.56. The predicted molar refractivity (Wildman–Crippen MR) is 101 cm³/mol. The van der Waals surface area contributed by atoms with Gasteiger partial charge >= 0.3 is 6.09 Å². The van der Waals surface area contributed by atoms with Crippen LogP contribution in [0.15, 0.2) is 42.5 Å². The molecule has 0 fully saturated rings. The lowest BCUT2D eigenvalue weighted by molar-refractivity contribution is -0.125. The Balaban J connectivity index is 2.03. The number of aliphatic hydroxyl groups is 1. The monoisotopic (exact) mass is 404 g/mol. The number of nitrogens with zero attached hydrogens (tertiary/aromatic N) is 2. The van der Waals surface area contributed by atoms with Crippen molar-refractivity contribution in [2.75, 3.05) is 11.9 Å². The van der Waals surface area contributed by atoms with E-state index in [-0.39, 0.29) is 16.8 Å². The van der Waals surface area contributed by atoms with Gasteiger partial charge in [-0.3, -0.25) is 4.79 Å². The summed E-state index contributed by atoms with van der Waals surface area (Å²) >= 11 is 0. The number of hydrogen-bond acceptors (Lipinski definition) is 5. The maximum absolute atomic E-state index is 13.5. The number of amides is 2. The second kappa shape index (κ2) is 8.23. The van der Waals surface area contributed by atoms with Gasteiger partial charge in [0, 0.05) is 11.1 Å². The zero-order valence-electron chi connectivity index (χ0n) is 15.3. The molecule has 3 rings (SSSR count). The lowest BCUT2D eigenvalue weighted by Crippen LogP contribution is -2.37. The summed E-state index contributed by atoms with van der Waals surface area (Å²) in [6, 6.07) is 11.4. The molecule has 8 nitrogen and oxygen atoms in total. The predicted octanol–water partition coefficient (Wildman–Crippen LogP) is 2.67. The van der Waals surface area contributed by atoms with Crippen LogP contribution in [0.4, 0.5) is 19.3 Å². The summed E-state index contributed by atoms with van der Waals surface area (Å²) in [7, 11) is 0. The summed E-state index contributed by atoms with van der Waals surface area (Å²) in [5.74, 6) is -0.818. The summed E-state index contributed by atoms with van der Waals surface area (Å²) in [5, 5.41) is 15.9. The molecular formula is C19H18F2N4O4. The molecule has 4 N–H and O–H groups in total. The topological polar surface area (TPSA) is 119 Å². The SMILES string of the molecule is Cc1cccc(-n2nc(C(F)F)c3ccc(NC(=O)C(CO)OC(N)=O)cc32)c1. The van der Waals surface area contributed by atoms with Crippen LogP contribution in [-0.4, -0.2) is 39.6 Å². The van der Waals surface area contributed by atoms with Crippen LogP contribution in [0.2, 0.25) is 0 Å². The van der Waals surface area contributed by atoms with E-state index in [0.29, 0.717) is 11.2 Å². The average Bonchev–Trinajstić information content (AvgIpc) is 3.05. The van der Waals surface area contributed by atoms with E-state index in [4.69, 9.17) is 5.73 Å². The Morgan fingerprint density at radius 1 is 1.28 bits per heavy atom. The maximum Gasteiger partial charge on any atom is 0.405 e. The third-order valence-electron chi connectivity index (χ3n) is 4.15. The fraction of sp³-hybridized carbons (Fsp3) is 0.211. The first-order chi connectivity index (χ1) is 13.8. The van der Waals surface area contributed by atoms with E-state index in [2.05, 4.69) is 15.2 Å². The summed E-state index contributed by atoms with van der Waals surface area (Å²) < 4.78 is 32.8. The van der Waals surface area contributed by atoms with Gasteiger partial charge in [0.1, 0.15) is 5.69 Å². The van der Waals surface area contributed by atoms with E-state index >= 15 is 0 Å². The van der Waals surface area contributed by atoms with Gasteiger partial charge < -0.3 is 20.9 Å². The summed E-state index contributed by atoms with van der Waals surface area (Å²) in [4.78, 5) is 23.0. The molecule has 0 aliphatic carbocycles. The molecule has 0 aliphatic heterocycles. The number of carbonyl (C=O) groups excluding carboxylic acids is 2. The zero-order valence-corrected chi connectivity index (χ0v) is 15.3. The number of nitrogens with two attached hydrogens (primary N) is 1. The number of aromatic nitrogens is 2. The highest BCUT2D eigenvalue weighted by Gasteiger charge is 2.23. The van der Waals surface area contributed by atoms with Crippen LogP contribution in [0, 0.1) is 6.92 Å². The highest BCUT2D eigenvalue weighted by atomic mass is 19.3. The minimum Gasteiger partial charge on any atom is -0.434 e. The lowest BCUT2D eigenvalue weighted by Gasteiger charge is -2.14. The Morgan fingerprint density at radius 3 is 2.66 bits per heavy atom. The van der Waals surface area contributed by atoms with Gasteiger partial charge in [0.25, 0.3) is 12.3 Å². The fourth-order valence-corrected chi connectivity index (χ4v) is 2.87. The molecule has 1 unspecified atom stereocenters. The average molecular weight is 404 g/mol. The van der Waals surface area contributed by atoms with E-state index in [1.165, 1.54) is 22.9 Å². The van der Waals surface area contributed by atoms with Crippen molar-refractivity contribution in [3.05, 3.63) is 53.7 Å². The second-order valence-electron chi connectivity index (χ2n) is 6.27. The van der Waals surface area contributed by atoms with Gasteiger partial charge in [-0.15, -0.1) is 0 Å². The minimum absolute atomic E-state index is 0.228. The molecule has 1 heterocycles. The first-order valence-electron chi connectivity index (χ1n) is 8.56. The summed E-state index contributed by atoms with van der Waals surface area (Å²) in [6.07, 6.45) is -5.50. The number of aryl methyl sites for hydroxylation is 1. The van der Waals surface area contributed by atoms with Crippen molar-refractivity contribution in [1.29, 1.82) is 0 Å². The van der Waals surface area contributed by atoms with E-state index in [1.54, 1.807) is 18.2 Å². The number of nitrogens with one attached hydrogen (secondary N) is 1. The highest BCUT2D eigenvalue weighted by molar-refractivity contribution is 5.97. The summed E-state index contributed by atoms with van der Waals surface area (Å²) in [5.41, 5.74) is 6.57. The van der Waals surface area contributed by atoms with Crippen molar-refractivity contribution < 1.29 is 28.2 Å². The highest BCUT2D eigenvalue weighted by Crippen LogP contribution is 2.31. The first kappa shape index (κ1) is 20.2. The van der Waals surface area contributed by atoms with Crippen LogP contribution in [0.25, 0.3) is 16.6 Å². The van der Waals surface area contributed by atoms with Crippen molar-refractivity contribution in [3.8, 4) is 5.69 Å². The largest absolute Gasteiger partial charge is 0.434 e. The number of halogens is 2. The molecule has 3 aromatic rings. The van der Waals surface area contributed by atoms with Gasteiger partial charge in [-0.05, 0) is 42.8 Å². The minimum atomic E-state index is -2.79. The number of aliphatic hydroxyl groups excluding tert-OH is 1. The van der Waals surface area contributed by atoms with Crippen molar-refractivity contribution >= 4 is 28.6 Å². The number of benzene rings is 2. The smallest absolute Gasteiger partial charge is 0.405 e. The van der Waals surface area contributed by atoms with Crippen molar-refractivity contribution in [1.82, 2.24) is 9.78 Å². The van der Waals surface area contributed by atoms with Crippen LogP contribution in [-0.2, 0) is 9.53 Å². The van der Waals surface area contributed by atoms with Gasteiger partial charge in [-0.25, -0.2) is 18.3 Å². The molecular weight excluding hydrogens is 386 g/mol. The number of alkyl halides is 2. The molecule has 2 amide bonds. The van der Waals surface area contributed by atoms with Gasteiger partial charge in [0.15, 0.2) is 0 Å². The molecule has 29 heavy (non-hydrogen) atoms. The molecule has 152 valence electrons. The van der Waals surface area contributed by atoms with Crippen molar-refractivity contribution in [2.24, 2.45) is 5.73 Å². The van der Waals surface area contributed by atoms with Crippen molar-refractivity contribution in [2.45, 2.75) is 19.5 Å². The number of primary amides is 1. The van der Waals surface area contributed by atoms with Gasteiger partial charge in [0.05, 0.1) is 17.8 Å². The molecule has 10 heteroatoms. The van der Waals surface area contributed by atoms with Crippen molar-refractivity contribution in [3.63, 3.8) is 0 Å². The molecule has 0 spiro atoms. The Labute approximate surface area is 163 Å². The molecule has 1 atom stereocenters. The Hall–Kier alpha value is -3.53. The van der Waals surface area contributed by atoms with Crippen LogP contribution < -0.4 is 11.1 Å². The Kier molecular flexibility index (Phi) is 5.74. The number of rotatable bonds is 6. The van der Waals surface area contributed by atoms with Crippen LogP contribution in [0.5, 0.6) is 0 Å². The van der Waals surface area contributed by atoms with Gasteiger partial charge in [-0.2, -0.15) is 5.10 Å². The standard InChI is InChI=1S/C19H18F2N4O4/c1-10-3-2-4-12(7-10)25-14-8-11(5-6-13(14)16(24-25)17(20)21)23-18(27)15(9-26)29-19(22)28/h2-8,15,17,26H,9H2,1H3,(H2,22,28)(H,23,27). The Bertz CT molecular complexity index is 1070. The van der Waals surface area contributed by atoms with E-state index in [0.717, 1.165) is 5.56 Å². The fourth-order valence-electron chi connectivity index (χ4n) is 2.87. The summed E-state index contributed by atoms with van der Waals surface area (Å²) in [6.45, 7) is 1.09. The number of hydrogen-bond donors (Lipinski definition) is 3. The van der Waals surface area contributed by atoms with Crippen LogP contribution >= 0.6 is 0 Å². The normalized spacial score (nSPS) is 12.2. The maximum atomic E-state index is 13.5. The quantitative estimate of drug-likeness (QED) is 0.584. The van der Waals surface area contributed by atoms with E-state index in [1.807, 2.05) is 13.0 Å². The number of carbonyl (C=O) groups is 2. The third-order valence-corrected chi connectivity index (χ3v) is 4.15. The molecule has 0 bridgehead atoms. The number of anilines is 1. The number of ether oxygens (including phenoxy) is 1. The van der Waals surface area contributed by atoms with Crippen LogP contribution in [0.3, 0.4) is 0 Å².